The van der Waals surface area contributed by atoms with Gasteiger partial charge in [-0.1, -0.05) is 18.2 Å². The molecule has 6 N–H and O–H groups in total. The van der Waals surface area contributed by atoms with Gasteiger partial charge in [-0.05, 0) is 6.07 Å². The Balaban J connectivity index is 1.86. The van der Waals surface area contributed by atoms with E-state index in [2.05, 4.69) is 6.58 Å². The number of hydrogen-bond donors (Lipinski definition) is 6. The maximum Gasteiger partial charge on any atom is 0.373 e. The van der Waals surface area contributed by atoms with Crippen LogP contribution >= 0.6 is 0 Å². The number of ether oxygens (including phenoxy) is 3. The van der Waals surface area contributed by atoms with Crippen molar-refractivity contribution in [3.63, 3.8) is 0 Å². The minimum Gasteiger partial charge on any atom is -0.478 e. The lowest BCUT2D eigenvalue weighted by atomic mass is 9.83. The van der Waals surface area contributed by atoms with Crippen LogP contribution in [0.4, 0.5) is 0 Å². The quantitative estimate of drug-likeness (QED) is 0.181. The fraction of sp³-hybridized carbons (Fsp3) is 0.458. The molecule has 3 heterocycles. The van der Waals surface area contributed by atoms with Crippen molar-refractivity contribution in [1.82, 2.24) is 0 Å². The highest BCUT2D eigenvalue weighted by Gasteiger charge is 2.47. The second-order valence-electron chi connectivity index (χ2n) is 8.51. The van der Waals surface area contributed by atoms with Gasteiger partial charge in [-0.2, -0.15) is 4.57 Å². The minimum absolute atomic E-state index is 0.104. The van der Waals surface area contributed by atoms with Crippen molar-refractivity contribution >= 4 is 18.0 Å². The van der Waals surface area contributed by atoms with Gasteiger partial charge in [-0.3, -0.25) is 0 Å². The summed E-state index contributed by atoms with van der Waals surface area (Å²) in [5.74, 6) is -3.86. The molecule has 0 aromatic carbocycles. The summed E-state index contributed by atoms with van der Waals surface area (Å²) in [7, 11) is 0. The second kappa shape index (κ2) is 11.7. The van der Waals surface area contributed by atoms with Crippen molar-refractivity contribution in [2.24, 2.45) is 11.8 Å². The first-order valence-corrected chi connectivity index (χ1v) is 11.2. The zero-order valence-corrected chi connectivity index (χ0v) is 19.4. The predicted molar refractivity (Wildman–Crippen MR) is 121 cm³/mol. The van der Waals surface area contributed by atoms with E-state index in [1.807, 2.05) is 0 Å². The summed E-state index contributed by atoms with van der Waals surface area (Å²) in [5, 5.41) is 58.6. The third-order valence-electron chi connectivity index (χ3n) is 6.20. The number of rotatable bonds is 9. The summed E-state index contributed by atoms with van der Waals surface area (Å²) in [6, 6.07) is 2.57. The van der Waals surface area contributed by atoms with E-state index in [9.17, 15) is 40.2 Å². The number of aliphatic carboxylic acids is 2. The first-order chi connectivity index (χ1) is 17.1. The Morgan fingerprint density at radius 2 is 1.92 bits per heavy atom. The predicted octanol–water partition coefficient (Wildman–Crippen LogP) is -0.807. The Morgan fingerprint density at radius 3 is 2.53 bits per heavy atom. The van der Waals surface area contributed by atoms with Gasteiger partial charge in [0, 0.05) is 24.5 Å². The van der Waals surface area contributed by atoms with Gasteiger partial charge in [-0.25, -0.2) is 9.59 Å². The van der Waals surface area contributed by atoms with Crippen molar-refractivity contribution in [2.45, 2.75) is 50.0 Å². The van der Waals surface area contributed by atoms with Crippen molar-refractivity contribution < 1.29 is 59.0 Å². The SMILES string of the molecule is C=CC1C(O[C@@H]2O[C@H](CO)[C@@H](O)[C@H](O)[C@H]2O)OC=C(C(=O)O)C1/C=C/c1ccc[n+](C(C)C(=O)O)c1. The topological polar surface area (TPSA) is 187 Å². The molecule has 4 unspecified atom stereocenters. The smallest absolute Gasteiger partial charge is 0.373 e. The summed E-state index contributed by atoms with van der Waals surface area (Å²) in [6.07, 6.45) is 0.0313. The average Bonchev–Trinajstić information content (AvgIpc) is 2.86. The second-order valence-corrected chi connectivity index (χ2v) is 8.51. The molecule has 12 nitrogen and oxygen atoms in total. The van der Waals surface area contributed by atoms with Crippen LogP contribution in [-0.2, 0) is 23.8 Å². The van der Waals surface area contributed by atoms with Crippen LogP contribution in [-0.4, -0.2) is 86.2 Å². The van der Waals surface area contributed by atoms with Crippen molar-refractivity contribution in [3.05, 3.63) is 60.7 Å². The van der Waals surface area contributed by atoms with E-state index in [0.29, 0.717) is 5.56 Å². The van der Waals surface area contributed by atoms with E-state index in [4.69, 9.17) is 14.2 Å². The lowest BCUT2D eigenvalue weighted by Gasteiger charge is -2.42. The molecule has 3 rings (SSSR count). The minimum atomic E-state index is -1.67. The molecular weight excluding hydrogens is 478 g/mol. The molecule has 2 aliphatic heterocycles. The van der Waals surface area contributed by atoms with E-state index < -0.39 is 73.4 Å². The standard InChI is InChI=1S/C24H29NO11/c1-3-14-15(7-6-13-5-4-8-25(9-13)12(2)21(30)31)16(22(32)33)11-34-23(14)36-24-20(29)19(28)18(27)17(10-26)35-24/h3-9,11-12,14-15,17-20,23-24,26-29H,1,10H2,2H3,(H-,30,31,32,33)/p+1/b7-6+/t12?,14?,15?,17-,18-,19+,20-,23?,24+/m1/s1. The van der Waals surface area contributed by atoms with E-state index in [-0.39, 0.29) is 5.57 Å². The van der Waals surface area contributed by atoms with Crippen molar-refractivity contribution in [2.75, 3.05) is 6.61 Å². The van der Waals surface area contributed by atoms with Gasteiger partial charge in [0.05, 0.1) is 24.4 Å². The first-order valence-electron chi connectivity index (χ1n) is 11.2. The number of pyridine rings is 1. The molecule has 1 aromatic rings. The van der Waals surface area contributed by atoms with Crippen molar-refractivity contribution in [1.29, 1.82) is 0 Å². The fourth-order valence-corrected chi connectivity index (χ4v) is 4.00. The van der Waals surface area contributed by atoms with E-state index in [1.165, 1.54) is 17.6 Å². The highest BCUT2D eigenvalue weighted by atomic mass is 16.8. The third-order valence-corrected chi connectivity index (χ3v) is 6.20. The summed E-state index contributed by atoms with van der Waals surface area (Å²) < 4.78 is 18.0. The summed E-state index contributed by atoms with van der Waals surface area (Å²) in [5.41, 5.74) is 0.503. The van der Waals surface area contributed by atoms with Crippen LogP contribution in [0.3, 0.4) is 0 Å². The van der Waals surface area contributed by atoms with Crippen LogP contribution in [0, 0.1) is 11.8 Å². The van der Waals surface area contributed by atoms with Crippen LogP contribution < -0.4 is 4.57 Å². The van der Waals surface area contributed by atoms with Crippen molar-refractivity contribution in [3.8, 4) is 0 Å². The number of hydrogen-bond acceptors (Lipinski definition) is 9. The molecule has 0 amide bonds. The first kappa shape index (κ1) is 27.5. The summed E-state index contributed by atoms with van der Waals surface area (Å²) >= 11 is 0. The number of aromatic nitrogens is 1. The fourth-order valence-electron chi connectivity index (χ4n) is 4.00. The summed E-state index contributed by atoms with van der Waals surface area (Å²) in [6.45, 7) is 4.62. The van der Waals surface area contributed by atoms with Gasteiger partial charge in [0.1, 0.15) is 24.4 Å². The molecule has 0 saturated carbocycles. The zero-order chi connectivity index (χ0) is 26.6. The van der Waals surface area contributed by atoms with Crippen LogP contribution in [0.2, 0.25) is 0 Å². The molecule has 1 fully saturated rings. The van der Waals surface area contributed by atoms with Gasteiger partial charge < -0.3 is 44.8 Å². The lowest BCUT2D eigenvalue weighted by Crippen LogP contribution is -2.60. The third kappa shape index (κ3) is 5.81. The van der Waals surface area contributed by atoms with Gasteiger partial charge in [0.2, 0.25) is 6.29 Å². The highest BCUT2D eigenvalue weighted by molar-refractivity contribution is 5.88. The van der Waals surface area contributed by atoms with Crippen LogP contribution in [0.1, 0.15) is 18.5 Å². The zero-order valence-electron chi connectivity index (χ0n) is 19.4. The number of carboxylic acid groups (broad SMARTS) is 2. The normalized spacial score (nSPS) is 33.4. The molecule has 12 heteroatoms. The Hall–Kier alpha value is -3.13. The molecule has 0 aliphatic carbocycles. The van der Waals surface area contributed by atoms with Gasteiger partial charge >= 0.3 is 11.9 Å². The molecule has 0 spiro atoms. The molecule has 2 aliphatic rings. The molecule has 9 atom stereocenters. The number of carboxylic acids is 2. The molecule has 196 valence electrons. The number of carbonyl (C=O) groups is 2. The molecule has 1 saturated heterocycles. The van der Waals surface area contributed by atoms with Gasteiger partial charge in [0.15, 0.2) is 18.7 Å². The van der Waals surface area contributed by atoms with E-state index in [0.717, 1.165) is 6.26 Å². The van der Waals surface area contributed by atoms with E-state index in [1.54, 1.807) is 36.7 Å². The van der Waals surface area contributed by atoms with Gasteiger partial charge in [0.25, 0.3) is 6.04 Å². The summed E-state index contributed by atoms with van der Waals surface area (Å²) in [4.78, 5) is 23.2. The van der Waals surface area contributed by atoms with Crippen LogP contribution in [0.25, 0.3) is 6.08 Å². The maximum atomic E-state index is 11.9. The number of allylic oxidation sites excluding steroid dienone is 1. The Kier molecular flexibility index (Phi) is 8.95. The Labute approximate surface area is 206 Å². The molecule has 0 radical (unpaired) electrons. The highest BCUT2D eigenvalue weighted by Crippen LogP contribution is 2.36. The Morgan fingerprint density at radius 1 is 1.19 bits per heavy atom. The lowest BCUT2D eigenvalue weighted by molar-refractivity contribution is -0.707. The molecule has 1 aromatic heterocycles. The molecular formula is C24H30NO11+. The largest absolute Gasteiger partial charge is 0.478 e. The van der Waals surface area contributed by atoms with Crippen LogP contribution in [0.15, 0.2) is 55.1 Å². The molecule has 36 heavy (non-hydrogen) atoms. The monoisotopic (exact) mass is 508 g/mol. The average molecular weight is 509 g/mol. The molecule has 0 bridgehead atoms. The van der Waals surface area contributed by atoms with Crippen LogP contribution in [0.5, 0.6) is 0 Å². The van der Waals surface area contributed by atoms with Gasteiger partial charge in [-0.15, -0.1) is 6.58 Å². The number of nitrogens with zero attached hydrogens (tertiary/aromatic N) is 1. The van der Waals surface area contributed by atoms with E-state index >= 15 is 0 Å². The number of aliphatic hydroxyl groups is 4. The number of aliphatic hydroxyl groups excluding tert-OH is 4. The Bertz CT molecular complexity index is 1020. The maximum absolute atomic E-state index is 11.9.